The molecular weight excluding hydrogens is 494 g/mol. The van der Waals surface area contributed by atoms with E-state index in [4.69, 9.17) is 36.1 Å². The first-order chi connectivity index (χ1) is 17.9. The lowest BCUT2D eigenvalue weighted by atomic mass is 9.92. The van der Waals surface area contributed by atoms with Gasteiger partial charge in [0.05, 0.1) is 38.4 Å². The third-order valence-electron chi connectivity index (χ3n) is 6.13. The number of rotatable bonds is 9. The maximum absolute atomic E-state index is 11.9. The summed E-state index contributed by atoms with van der Waals surface area (Å²) in [5.74, 6) is 1.05. The first-order valence-electron chi connectivity index (χ1n) is 11.6. The van der Waals surface area contributed by atoms with Gasteiger partial charge in [0.15, 0.2) is 0 Å². The average molecular weight is 522 g/mol. The van der Waals surface area contributed by atoms with Gasteiger partial charge in [0.2, 0.25) is 5.91 Å². The number of hydroxylamine groups is 1. The molecule has 0 spiro atoms. The van der Waals surface area contributed by atoms with Crippen LogP contribution in [0, 0.1) is 0 Å². The summed E-state index contributed by atoms with van der Waals surface area (Å²) in [6, 6.07) is 20.9. The maximum atomic E-state index is 11.9. The highest BCUT2D eigenvalue weighted by Gasteiger charge is 2.25. The first kappa shape index (κ1) is 26.1. The van der Waals surface area contributed by atoms with Gasteiger partial charge in [0, 0.05) is 28.1 Å². The summed E-state index contributed by atoms with van der Waals surface area (Å²) in [7, 11) is 4.76. The molecule has 0 fully saturated rings. The molecular formula is C28H28ClN3O5. The summed E-state index contributed by atoms with van der Waals surface area (Å²) < 4.78 is 18.6. The number of nitrogens with one attached hydrogen (secondary N) is 1. The fourth-order valence-corrected chi connectivity index (χ4v) is 4.46. The van der Waals surface area contributed by atoms with Gasteiger partial charge in [-0.3, -0.25) is 10.0 Å². The molecule has 0 aliphatic carbocycles. The number of amides is 1. The van der Waals surface area contributed by atoms with E-state index in [1.807, 2.05) is 78.3 Å². The van der Waals surface area contributed by atoms with Crippen molar-refractivity contribution in [3.63, 3.8) is 0 Å². The highest BCUT2D eigenvalue weighted by Crippen LogP contribution is 2.44. The van der Waals surface area contributed by atoms with Crippen molar-refractivity contribution < 1.29 is 24.2 Å². The number of ether oxygens (including phenoxy) is 3. The molecule has 0 aliphatic rings. The number of aromatic nitrogens is 2. The van der Waals surface area contributed by atoms with Crippen molar-refractivity contribution in [3.8, 4) is 45.5 Å². The van der Waals surface area contributed by atoms with E-state index in [0.717, 1.165) is 28.3 Å². The molecule has 0 saturated heterocycles. The van der Waals surface area contributed by atoms with E-state index in [2.05, 4.69) is 0 Å². The number of carbonyl (C=O) groups is 1. The average Bonchev–Trinajstić information content (AvgIpc) is 3.37. The molecule has 0 aliphatic heterocycles. The Balaban J connectivity index is 1.90. The summed E-state index contributed by atoms with van der Waals surface area (Å²) in [4.78, 5) is 11.9. The molecule has 1 amide bonds. The van der Waals surface area contributed by atoms with Crippen molar-refractivity contribution in [1.82, 2.24) is 15.3 Å². The molecule has 4 rings (SSSR count). The van der Waals surface area contributed by atoms with E-state index >= 15 is 0 Å². The smallest absolute Gasteiger partial charge is 0.243 e. The summed E-state index contributed by atoms with van der Waals surface area (Å²) in [6.07, 6.45) is 0.0446. The molecule has 1 unspecified atom stereocenters. The summed E-state index contributed by atoms with van der Waals surface area (Å²) in [5.41, 5.74) is 6.42. The standard InChI is InChI=1S/C28H28ClN3O5/c1-17(15-26(33)31-34)27-25(36-3)14-13-22(28(27)37-4)23-16-24(18-5-7-19(29)8-6-18)32(30-23)20-9-11-21(35-2)12-10-20/h5-14,16-17,34H,15H2,1-4H3,(H,31,33). The highest BCUT2D eigenvalue weighted by molar-refractivity contribution is 6.30. The van der Waals surface area contributed by atoms with Crippen LogP contribution in [0.1, 0.15) is 24.8 Å². The van der Waals surface area contributed by atoms with Crippen LogP contribution in [-0.2, 0) is 4.79 Å². The predicted octanol–water partition coefficient (Wildman–Crippen LogP) is 5.88. The molecule has 8 nitrogen and oxygen atoms in total. The van der Waals surface area contributed by atoms with Crippen molar-refractivity contribution in [3.05, 3.63) is 77.3 Å². The Kier molecular flexibility index (Phi) is 8.01. The quantitative estimate of drug-likeness (QED) is 0.211. The molecule has 0 radical (unpaired) electrons. The topological polar surface area (TPSA) is 94.8 Å². The number of halogens is 1. The van der Waals surface area contributed by atoms with E-state index in [1.54, 1.807) is 26.8 Å². The van der Waals surface area contributed by atoms with Gasteiger partial charge in [-0.2, -0.15) is 5.10 Å². The molecule has 192 valence electrons. The lowest BCUT2D eigenvalue weighted by Crippen LogP contribution is -2.20. The van der Waals surface area contributed by atoms with E-state index in [-0.39, 0.29) is 12.3 Å². The van der Waals surface area contributed by atoms with Crippen molar-refractivity contribution in [2.75, 3.05) is 21.3 Å². The molecule has 0 saturated carbocycles. The highest BCUT2D eigenvalue weighted by atomic mass is 35.5. The number of nitrogens with zero attached hydrogens (tertiary/aromatic N) is 2. The second-order valence-corrected chi connectivity index (χ2v) is 8.87. The van der Waals surface area contributed by atoms with E-state index in [1.165, 1.54) is 0 Å². The first-order valence-corrected chi connectivity index (χ1v) is 12.0. The van der Waals surface area contributed by atoms with Crippen molar-refractivity contribution in [2.45, 2.75) is 19.3 Å². The normalized spacial score (nSPS) is 11.6. The number of hydrogen-bond acceptors (Lipinski definition) is 6. The van der Waals surface area contributed by atoms with Gasteiger partial charge in [-0.05, 0) is 60.5 Å². The number of methoxy groups -OCH3 is 3. The van der Waals surface area contributed by atoms with Crippen LogP contribution in [0.15, 0.2) is 66.7 Å². The van der Waals surface area contributed by atoms with Gasteiger partial charge in [-0.15, -0.1) is 0 Å². The number of carbonyl (C=O) groups excluding carboxylic acids is 1. The zero-order chi connectivity index (χ0) is 26.5. The maximum Gasteiger partial charge on any atom is 0.243 e. The summed E-state index contributed by atoms with van der Waals surface area (Å²) in [6.45, 7) is 1.87. The minimum atomic E-state index is -0.504. The Morgan fingerprint density at radius 3 is 2.30 bits per heavy atom. The Hall–Kier alpha value is -4.01. The van der Waals surface area contributed by atoms with Crippen LogP contribution in [0.25, 0.3) is 28.2 Å². The molecule has 37 heavy (non-hydrogen) atoms. The van der Waals surface area contributed by atoms with Crippen LogP contribution < -0.4 is 19.7 Å². The fraction of sp³-hybridized carbons (Fsp3) is 0.214. The minimum Gasteiger partial charge on any atom is -0.497 e. The van der Waals surface area contributed by atoms with Gasteiger partial charge in [0.1, 0.15) is 17.2 Å². The summed E-state index contributed by atoms with van der Waals surface area (Å²) in [5, 5.41) is 14.6. The van der Waals surface area contributed by atoms with Crippen molar-refractivity contribution in [1.29, 1.82) is 0 Å². The second-order valence-electron chi connectivity index (χ2n) is 8.43. The van der Waals surface area contributed by atoms with Crippen molar-refractivity contribution in [2.24, 2.45) is 0 Å². The third kappa shape index (κ3) is 5.40. The van der Waals surface area contributed by atoms with Crippen LogP contribution in [0.3, 0.4) is 0 Å². The lowest BCUT2D eigenvalue weighted by Gasteiger charge is -2.20. The van der Waals surface area contributed by atoms with Crippen LogP contribution >= 0.6 is 11.6 Å². The molecule has 4 aromatic rings. The Labute approximate surface area is 220 Å². The van der Waals surface area contributed by atoms with E-state index < -0.39 is 5.91 Å². The number of hydrogen-bond donors (Lipinski definition) is 2. The van der Waals surface area contributed by atoms with E-state index in [0.29, 0.717) is 27.8 Å². The van der Waals surface area contributed by atoms with E-state index in [9.17, 15) is 4.79 Å². The van der Waals surface area contributed by atoms with Gasteiger partial charge in [-0.1, -0.05) is 30.7 Å². The Morgan fingerprint density at radius 2 is 1.70 bits per heavy atom. The molecule has 1 aromatic heterocycles. The summed E-state index contributed by atoms with van der Waals surface area (Å²) >= 11 is 6.14. The van der Waals surface area contributed by atoms with Gasteiger partial charge >= 0.3 is 0 Å². The second kappa shape index (κ2) is 11.4. The molecule has 0 bridgehead atoms. The zero-order valence-electron chi connectivity index (χ0n) is 21.0. The molecule has 3 aromatic carbocycles. The Morgan fingerprint density at radius 1 is 1.00 bits per heavy atom. The molecule has 1 heterocycles. The molecule has 1 atom stereocenters. The monoisotopic (exact) mass is 521 g/mol. The molecule has 9 heteroatoms. The van der Waals surface area contributed by atoms with Crippen LogP contribution in [0.5, 0.6) is 17.2 Å². The molecule has 2 N–H and O–H groups in total. The lowest BCUT2D eigenvalue weighted by molar-refractivity contribution is -0.129. The van der Waals surface area contributed by atoms with Gasteiger partial charge in [-0.25, -0.2) is 10.2 Å². The van der Waals surface area contributed by atoms with Gasteiger partial charge < -0.3 is 14.2 Å². The largest absolute Gasteiger partial charge is 0.497 e. The zero-order valence-corrected chi connectivity index (χ0v) is 21.7. The Bertz CT molecular complexity index is 1380. The third-order valence-corrected chi connectivity index (χ3v) is 6.38. The van der Waals surface area contributed by atoms with Crippen molar-refractivity contribution >= 4 is 17.5 Å². The number of benzene rings is 3. The van der Waals surface area contributed by atoms with Gasteiger partial charge in [0.25, 0.3) is 0 Å². The fourth-order valence-electron chi connectivity index (χ4n) is 4.33. The van der Waals surface area contributed by atoms with Crippen LogP contribution in [0.2, 0.25) is 5.02 Å². The predicted molar refractivity (Wildman–Crippen MR) is 142 cm³/mol. The SMILES string of the molecule is COc1ccc(-n2nc(-c3ccc(OC)c(C(C)CC(=O)NO)c3OC)cc2-c2ccc(Cl)cc2)cc1. The van der Waals surface area contributed by atoms with Crippen LogP contribution in [-0.4, -0.2) is 42.2 Å². The minimum absolute atomic E-state index is 0.0446. The van der Waals surface area contributed by atoms with Crippen LogP contribution in [0.4, 0.5) is 0 Å².